The summed E-state index contributed by atoms with van der Waals surface area (Å²) in [6.07, 6.45) is -0.535. The van der Waals surface area contributed by atoms with Crippen molar-refractivity contribution in [2.24, 2.45) is 0 Å². The molecular formula is C15H25NO3. The van der Waals surface area contributed by atoms with Crippen molar-refractivity contribution in [2.75, 3.05) is 26.8 Å². The first-order chi connectivity index (χ1) is 8.94. The van der Waals surface area contributed by atoms with Gasteiger partial charge in [-0.25, -0.2) is 0 Å². The molecular weight excluding hydrogens is 242 g/mol. The Bertz CT molecular complexity index is 379. The van der Waals surface area contributed by atoms with Crippen molar-refractivity contribution in [3.05, 3.63) is 29.8 Å². The van der Waals surface area contributed by atoms with E-state index in [1.54, 1.807) is 7.11 Å². The van der Waals surface area contributed by atoms with Crippen LogP contribution in [0.4, 0.5) is 0 Å². The van der Waals surface area contributed by atoms with E-state index < -0.39 is 6.10 Å². The second kappa shape index (κ2) is 7.48. The predicted molar refractivity (Wildman–Crippen MR) is 76.6 cm³/mol. The molecule has 1 atom stereocenters. The third-order valence-corrected chi connectivity index (χ3v) is 3.01. The van der Waals surface area contributed by atoms with Crippen LogP contribution in [0.3, 0.4) is 0 Å². The zero-order valence-corrected chi connectivity index (χ0v) is 12.3. The van der Waals surface area contributed by atoms with Crippen LogP contribution < -0.4 is 10.1 Å². The van der Waals surface area contributed by atoms with E-state index in [2.05, 4.69) is 5.32 Å². The fraction of sp³-hybridized carbons (Fsp3) is 0.600. The van der Waals surface area contributed by atoms with Crippen molar-refractivity contribution in [1.29, 1.82) is 0 Å². The van der Waals surface area contributed by atoms with Gasteiger partial charge < -0.3 is 19.9 Å². The van der Waals surface area contributed by atoms with E-state index >= 15 is 0 Å². The van der Waals surface area contributed by atoms with Gasteiger partial charge in [0.25, 0.3) is 0 Å². The number of benzene rings is 1. The van der Waals surface area contributed by atoms with Gasteiger partial charge >= 0.3 is 0 Å². The Morgan fingerprint density at radius 2 is 2.00 bits per heavy atom. The van der Waals surface area contributed by atoms with Gasteiger partial charge in [0.15, 0.2) is 0 Å². The predicted octanol–water partition coefficient (Wildman–Crippen LogP) is 1.75. The Labute approximate surface area is 115 Å². The number of para-hydroxylation sites is 1. The van der Waals surface area contributed by atoms with E-state index in [4.69, 9.17) is 9.47 Å². The minimum atomic E-state index is -0.535. The van der Waals surface area contributed by atoms with Crippen LogP contribution >= 0.6 is 0 Å². The highest BCUT2D eigenvalue weighted by Gasteiger charge is 2.16. The van der Waals surface area contributed by atoms with E-state index in [0.29, 0.717) is 13.1 Å². The maximum atomic E-state index is 9.84. The van der Waals surface area contributed by atoms with Gasteiger partial charge in [-0.3, -0.25) is 0 Å². The van der Waals surface area contributed by atoms with Crippen LogP contribution in [0.25, 0.3) is 0 Å². The number of ether oxygens (including phenoxy) is 2. The maximum absolute atomic E-state index is 9.84. The lowest BCUT2D eigenvalue weighted by molar-refractivity contribution is 0.0191. The molecule has 0 saturated heterocycles. The van der Waals surface area contributed by atoms with Gasteiger partial charge in [-0.15, -0.1) is 0 Å². The first-order valence-corrected chi connectivity index (χ1v) is 6.57. The van der Waals surface area contributed by atoms with Gasteiger partial charge in [0.1, 0.15) is 18.5 Å². The summed E-state index contributed by atoms with van der Waals surface area (Å²) in [5.41, 5.74) is 0.847. The smallest absolute Gasteiger partial charge is 0.122 e. The van der Waals surface area contributed by atoms with Gasteiger partial charge in [-0.05, 0) is 32.4 Å². The number of aliphatic hydroxyl groups excluding tert-OH is 1. The summed E-state index contributed by atoms with van der Waals surface area (Å²) in [6, 6.07) is 7.78. The standard InChI is InChI=1S/C15H25NO3/c1-12-7-5-6-8-14(12)19-10-13(17)9-16-11-15(2,3)18-4/h5-8,13,16-17H,9-11H2,1-4H3. The molecule has 0 aliphatic rings. The number of hydrogen-bond acceptors (Lipinski definition) is 4. The molecule has 1 rings (SSSR count). The van der Waals surface area contributed by atoms with Crippen LogP contribution in [0, 0.1) is 6.92 Å². The molecule has 4 heteroatoms. The second-order valence-corrected chi connectivity index (χ2v) is 5.33. The quantitative estimate of drug-likeness (QED) is 0.753. The molecule has 0 fully saturated rings. The molecule has 4 nitrogen and oxygen atoms in total. The molecule has 19 heavy (non-hydrogen) atoms. The number of aryl methyl sites for hydroxylation is 1. The van der Waals surface area contributed by atoms with Crippen LogP contribution in [0.15, 0.2) is 24.3 Å². The van der Waals surface area contributed by atoms with Crippen LogP contribution in [0.2, 0.25) is 0 Å². The number of hydrogen-bond donors (Lipinski definition) is 2. The lowest BCUT2D eigenvalue weighted by atomic mass is 10.1. The second-order valence-electron chi connectivity index (χ2n) is 5.33. The number of rotatable bonds is 8. The molecule has 0 amide bonds. The van der Waals surface area contributed by atoms with Crippen molar-refractivity contribution in [1.82, 2.24) is 5.32 Å². The molecule has 0 radical (unpaired) electrons. The highest BCUT2D eigenvalue weighted by Crippen LogP contribution is 2.16. The zero-order valence-electron chi connectivity index (χ0n) is 12.3. The SMILES string of the molecule is COC(C)(C)CNCC(O)COc1ccccc1C. The topological polar surface area (TPSA) is 50.7 Å². The fourth-order valence-corrected chi connectivity index (χ4v) is 1.58. The van der Waals surface area contributed by atoms with Gasteiger partial charge in [0, 0.05) is 20.2 Å². The fourth-order valence-electron chi connectivity index (χ4n) is 1.58. The highest BCUT2D eigenvalue weighted by molar-refractivity contribution is 5.31. The Morgan fingerprint density at radius 3 is 2.63 bits per heavy atom. The Kier molecular flexibility index (Phi) is 6.28. The van der Waals surface area contributed by atoms with Crippen LogP contribution in [0.5, 0.6) is 5.75 Å². The summed E-state index contributed by atoms with van der Waals surface area (Å²) in [5.74, 6) is 0.818. The number of aliphatic hydroxyl groups is 1. The van der Waals surface area contributed by atoms with Crippen molar-refractivity contribution in [3.63, 3.8) is 0 Å². The molecule has 0 aromatic heterocycles. The van der Waals surface area contributed by atoms with E-state index in [0.717, 1.165) is 11.3 Å². The minimum Gasteiger partial charge on any atom is -0.491 e. The summed E-state index contributed by atoms with van der Waals surface area (Å²) in [5, 5.41) is 13.0. The van der Waals surface area contributed by atoms with Gasteiger partial charge in [-0.2, -0.15) is 0 Å². The van der Waals surface area contributed by atoms with Crippen LogP contribution in [-0.4, -0.2) is 43.6 Å². The average Bonchev–Trinajstić information content (AvgIpc) is 2.37. The lowest BCUT2D eigenvalue weighted by Gasteiger charge is -2.24. The van der Waals surface area contributed by atoms with E-state index in [9.17, 15) is 5.11 Å². The molecule has 1 unspecified atom stereocenters. The molecule has 1 aromatic rings. The Morgan fingerprint density at radius 1 is 1.32 bits per heavy atom. The number of nitrogens with one attached hydrogen (secondary N) is 1. The van der Waals surface area contributed by atoms with Crippen molar-refractivity contribution < 1.29 is 14.6 Å². The molecule has 0 heterocycles. The molecule has 108 valence electrons. The molecule has 0 aliphatic heterocycles. The molecule has 0 spiro atoms. The van der Waals surface area contributed by atoms with Crippen molar-refractivity contribution >= 4 is 0 Å². The third kappa shape index (κ3) is 6.05. The monoisotopic (exact) mass is 267 g/mol. The summed E-state index contributed by atoms with van der Waals surface area (Å²) >= 11 is 0. The summed E-state index contributed by atoms with van der Waals surface area (Å²) in [4.78, 5) is 0. The normalized spacial score (nSPS) is 13.3. The zero-order chi connectivity index (χ0) is 14.3. The minimum absolute atomic E-state index is 0.226. The van der Waals surface area contributed by atoms with Crippen molar-refractivity contribution in [2.45, 2.75) is 32.5 Å². The Balaban J connectivity index is 2.25. The largest absolute Gasteiger partial charge is 0.491 e. The summed E-state index contributed by atoms with van der Waals surface area (Å²) in [7, 11) is 1.68. The van der Waals surface area contributed by atoms with Gasteiger partial charge in [0.2, 0.25) is 0 Å². The Hall–Kier alpha value is -1.10. The highest BCUT2D eigenvalue weighted by atomic mass is 16.5. The molecule has 1 aromatic carbocycles. The molecule has 0 aliphatic carbocycles. The van der Waals surface area contributed by atoms with Crippen LogP contribution in [-0.2, 0) is 4.74 Å². The maximum Gasteiger partial charge on any atom is 0.122 e. The number of methoxy groups -OCH3 is 1. The van der Waals surface area contributed by atoms with E-state index in [1.807, 2.05) is 45.0 Å². The summed E-state index contributed by atoms with van der Waals surface area (Å²) in [6.45, 7) is 7.43. The first kappa shape index (κ1) is 16.0. The molecule has 0 bridgehead atoms. The third-order valence-electron chi connectivity index (χ3n) is 3.01. The van der Waals surface area contributed by atoms with E-state index in [1.165, 1.54) is 0 Å². The summed E-state index contributed by atoms with van der Waals surface area (Å²) < 4.78 is 10.9. The van der Waals surface area contributed by atoms with Crippen molar-refractivity contribution in [3.8, 4) is 5.75 Å². The lowest BCUT2D eigenvalue weighted by Crippen LogP contribution is -2.41. The van der Waals surface area contributed by atoms with Gasteiger partial charge in [-0.1, -0.05) is 18.2 Å². The average molecular weight is 267 g/mol. The first-order valence-electron chi connectivity index (χ1n) is 6.57. The van der Waals surface area contributed by atoms with E-state index in [-0.39, 0.29) is 12.2 Å². The van der Waals surface area contributed by atoms with Gasteiger partial charge in [0.05, 0.1) is 5.60 Å². The molecule has 2 N–H and O–H groups in total. The van der Waals surface area contributed by atoms with Crippen LogP contribution in [0.1, 0.15) is 19.4 Å². The molecule has 0 saturated carbocycles.